The van der Waals surface area contributed by atoms with Crippen LogP contribution in [0.2, 0.25) is 0 Å². The van der Waals surface area contributed by atoms with Gasteiger partial charge in [0.2, 0.25) is 5.71 Å². The van der Waals surface area contributed by atoms with E-state index in [4.69, 9.17) is 4.42 Å². The fourth-order valence-electron chi connectivity index (χ4n) is 3.74. The number of halogens is 1. The lowest BCUT2D eigenvalue weighted by molar-refractivity contribution is 0.0578. The average molecular weight is 428 g/mol. The summed E-state index contributed by atoms with van der Waals surface area (Å²) >= 11 is 0. The zero-order valence-corrected chi connectivity index (χ0v) is 17.7. The van der Waals surface area contributed by atoms with Gasteiger partial charge >= 0.3 is 0 Å². The van der Waals surface area contributed by atoms with Gasteiger partial charge in [0.1, 0.15) is 23.6 Å². The molecular weight excluding hydrogens is 407 g/mol. The van der Waals surface area contributed by atoms with Crippen LogP contribution in [0.3, 0.4) is 0 Å². The molecule has 5 aromatic rings. The third-order valence-corrected chi connectivity index (χ3v) is 5.08. The van der Waals surface area contributed by atoms with Gasteiger partial charge in [-0.25, -0.2) is 14.4 Å². The van der Waals surface area contributed by atoms with Crippen LogP contribution in [0.25, 0.3) is 44.9 Å². The van der Waals surface area contributed by atoms with Crippen LogP contribution < -0.4 is 0 Å². The van der Waals surface area contributed by atoms with Gasteiger partial charge in [-0.15, -0.1) is 0 Å². The summed E-state index contributed by atoms with van der Waals surface area (Å²) in [6.07, 6.45) is 3.20. The molecule has 6 nitrogen and oxygen atoms in total. The average Bonchev–Trinajstić information content (AvgIpc) is 3.37. The summed E-state index contributed by atoms with van der Waals surface area (Å²) in [4.78, 5) is 8.78. The number of furan rings is 1. The van der Waals surface area contributed by atoms with Gasteiger partial charge in [-0.3, -0.25) is 4.68 Å². The molecule has 2 aromatic carbocycles. The van der Waals surface area contributed by atoms with Gasteiger partial charge in [-0.05, 0) is 32.0 Å². The zero-order valence-electron chi connectivity index (χ0n) is 17.7. The topological polar surface area (TPSA) is 77.0 Å². The second-order valence-corrected chi connectivity index (χ2v) is 8.30. The second-order valence-electron chi connectivity index (χ2n) is 8.30. The van der Waals surface area contributed by atoms with Crippen LogP contribution in [-0.2, 0) is 6.54 Å². The first-order valence-corrected chi connectivity index (χ1v) is 10.2. The fourth-order valence-corrected chi connectivity index (χ4v) is 3.74. The van der Waals surface area contributed by atoms with E-state index in [1.54, 1.807) is 42.9 Å². The van der Waals surface area contributed by atoms with Crippen LogP contribution in [0.4, 0.5) is 4.39 Å². The van der Waals surface area contributed by atoms with E-state index in [0.717, 1.165) is 5.56 Å². The molecule has 0 aliphatic carbocycles. The Morgan fingerprint density at radius 2 is 1.72 bits per heavy atom. The first kappa shape index (κ1) is 20.1. The Morgan fingerprint density at radius 1 is 0.969 bits per heavy atom. The number of aliphatic hydroxyl groups is 1. The Bertz CT molecular complexity index is 1400. The van der Waals surface area contributed by atoms with Crippen molar-refractivity contribution in [2.75, 3.05) is 0 Å². The van der Waals surface area contributed by atoms with E-state index in [0.29, 0.717) is 39.4 Å². The van der Waals surface area contributed by atoms with E-state index in [2.05, 4.69) is 15.1 Å². The number of hydrogen-bond donors (Lipinski definition) is 1. The maximum atomic E-state index is 14.7. The molecule has 0 radical (unpaired) electrons. The third-order valence-electron chi connectivity index (χ3n) is 5.08. The molecule has 7 heteroatoms. The van der Waals surface area contributed by atoms with Gasteiger partial charge in [-0.1, -0.05) is 42.5 Å². The summed E-state index contributed by atoms with van der Waals surface area (Å²) in [6, 6.07) is 18.1. The van der Waals surface area contributed by atoms with E-state index in [9.17, 15) is 9.50 Å². The Labute approximate surface area is 184 Å². The van der Waals surface area contributed by atoms with E-state index in [1.165, 1.54) is 12.4 Å². The van der Waals surface area contributed by atoms with Crippen LogP contribution in [-0.4, -0.2) is 30.5 Å². The van der Waals surface area contributed by atoms with Crippen LogP contribution in [0, 0.1) is 5.82 Å². The van der Waals surface area contributed by atoms with Crippen molar-refractivity contribution < 1.29 is 13.9 Å². The van der Waals surface area contributed by atoms with Crippen LogP contribution in [0.15, 0.2) is 77.6 Å². The summed E-state index contributed by atoms with van der Waals surface area (Å²) in [5, 5.41) is 15.6. The monoisotopic (exact) mass is 428 g/mol. The highest BCUT2D eigenvalue weighted by atomic mass is 19.1. The molecule has 0 saturated heterocycles. The largest absolute Gasteiger partial charge is 0.438 e. The SMILES string of the molecule is CC(C)(O)Cn1cc(-c2ncnc3oc(-c4ccccc4)cc23)c(-c2ccccc2F)n1. The van der Waals surface area contributed by atoms with Crippen molar-refractivity contribution in [3.05, 3.63) is 79.0 Å². The molecule has 3 aromatic heterocycles. The number of benzene rings is 2. The highest BCUT2D eigenvalue weighted by Crippen LogP contribution is 2.37. The van der Waals surface area contributed by atoms with Crippen LogP contribution in [0.1, 0.15) is 13.8 Å². The highest BCUT2D eigenvalue weighted by molar-refractivity contribution is 5.95. The third kappa shape index (κ3) is 3.78. The predicted octanol–water partition coefficient (Wildman–Crippen LogP) is 5.33. The van der Waals surface area contributed by atoms with E-state index >= 15 is 0 Å². The molecule has 0 aliphatic heterocycles. The molecule has 0 bridgehead atoms. The summed E-state index contributed by atoms with van der Waals surface area (Å²) in [7, 11) is 0. The van der Waals surface area contributed by atoms with Gasteiger partial charge in [0.25, 0.3) is 0 Å². The maximum Gasteiger partial charge on any atom is 0.230 e. The lowest BCUT2D eigenvalue weighted by Crippen LogP contribution is -2.26. The number of rotatable bonds is 5. The smallest absolute Gasteiger partial charge is 0.230 e. The van der Waals surface area contributed by atoms with Crippen molar-refractivity contribution in [1.29, 1.82) is 0 Å². The normalized spacial score (nSPS) is 11.9. The molecule has 0 saturated carbocycles. The van der Waals surface area contributed by atoms with Gasteiger partial charge in [0.15, 0.2) is 0 Å². The summed E-state index contributed by atoms with van der Waals surface area (Å²) < 4.78 is 22.3. The number of hydrogen-bond acceptors (Lipinski definition) is 5. The van der Waals surface area contributed by atoms with Crippen molar-refractivity contribution in [2.45, 2.75) is 26.0 Å². The molecule has 32 heavy (non-hydrogen) atoms. The van der Waals surface area contributed by atoms with E-state index in [-0.39, 0.29) is 12.4 Å². The van der Waals surface area contributed by atoms with Gasteiger partial charge in [-0.2, -0.15) is 5.10 Å². The number of aromatic nitrogens is 4. The van der Waals surface area contributed by atoms with Crippen molar-refractivity contribution in [3.8, 4) is 33.8 Å². The Morgan fingerprint density at radius 3 is 2.47 bits per heavy atom. The Balaban J connectivity index is 1.72. The molecule has 0 fully saturated rings. The fraction of sp³-hybridized carbons (Fsp3) is 0.160. The predicted molar refractivity (Wildman–Crippen MR) is 120 cm³/mol. The first-order chi connectivity index (χ1) is 15.4. The van der Waals surface area contributed by atoms with E-state index in [1.807, 2.05) is 36.4 Å². The Hall–Kier alpha value is -3.84. The Kier molecular flexibility index (Phi) is 4.83. The lowest BCUT2D eigenvalue weighted by atomic mass is 10.0. The van der Waals surface area contributed by atoms with Crippen LogP contribution in [0.5, 0.6) is 0 Å². The number of nitrogens with zero attached hydrogens (tertiary/aromatic N) is 4. The minimum Gasteiger partial charge on any atom is -0.438 e. The standard InChI is InChI=1S/C25H21FN4O2/c1-25(2,31)14-30-13-19(23(29-30)17-10-6-7-11-20(17)26)22-18-12-21(16-8-4-3-5-9-16)32-24(18)28-15-27-22/h3-13,15,31H,14H2,1-2H3. The minimum absolute atomic E-state index is 0.239. The first-order valence-electron chi connectivity index (χ1n) is 10.2. The van der Waals surface area contributed by atoms with Gasteiger partial charge < -0.3 is 9.52 Å². The van der Waals surface area contributed by atoms with Crippen molar-refractivity contribution in [3.63, 3.8) is 0 Å². The second kappa shape index (κ2) is 7.69. The van der Waals surface area contributed by atoms with E-state index < -0.39 is 5.60 Å². The minimum atomic E-state index is -0.993. The molecule has 0 unspecified atom stereocenters. The van der Waals surface area contributed by atoms with Gasteiger partial charge in [0.05, 0.1) is 23.2 Å². The molecule has 0 amide bonds. The molecule has 3 heterocycles. The maximum absolute atomic E-state index is 14.7. The molecule has 0 atom stereocenters. The highest BCUT2D eigenvalue weighted by Gasteiger charge is 2.23. The van der Waals surface area contributed by atoms with Crippen molar-refractivity contribution >= 4 is 11.1 Å². The summed E-state index contributed by atoms with van der Waals surface area (Å²) in [5.74, 6) is 0.281. The van der Waals surface area contributed by atoms with Crippen LogP contribution >= 0.6 is 0 Å². The molecule has 0 spiro atoms. The van der Waals surface area contributed by atoms with Gasteiger partial charge in [0, 0.05) is 22.9 Å². The zero-order chi connectivity index (χ0) is 22.3. The summed E-state index contributed by atoms with van der Waals surface area (Å²) in [6.45, 7) is 3.63. The molecular formula is C25H21FN4O2. The lowest BCUT2D eigenvalue weighted by Gasteiger charge is -2.16. The molecule has 0 aliphatic rings. The molecule has 160 valence electrons. The number of fused-ring (bicyclic) bond motifs is 1. The van der Waals surface area contributed by atoms with Crippen molar-refractivity contribution in [1.82, 2.24) is 19.7 Å². The quantitative estimate of drug-likeness (QED) is 0.409. The molecule has 5 rings (SSSR count). The van der Waals surface area contributed by atoms with Crippen molar-refractivity contribution in [2.24, 2.45) is 0 Å². The molecule has 1 N–H and O–H groups in total. The summed E-state index contributed by atoms with van der Waals surface area (Å²) in [5.41, 5.74) is 2.37.